The van der Waals surface area contributed by atoms with Crippen LogP contribution in [0.3, 0.4) is 0 Å². The van der Waals surface area contributed by atoms with Crippen molar-refractivity contribution >= 4 is 23.5 Å². The molecule has 2 rings (SSSR count). The number of hydrogen-bond donors (Lipinski definition) is 3. The summed E-state index contributed by atoms with van der Waals surface area (Å²) in [6.07, 6.45) is -1.23. The van der Waals surface area contributed by atoms with Crippen LogP contribution in [-0.4, -0.2) is 51.8 Å². The second-order valence-electron chi connectivity index (χ2n) is 9.18. The molecule has 0 aliphatic carbocycles. The van der Waals surface area contributed by atoms with Crippen molar-refractivity contribution in [3.8, 4) is 5.75 Å². The lowest BCUT2D eigenvalue weighted by molar-refractivity contribution is -0.156. The molecule has 14 heteroatoms. The molecule has 222 valence electrons. The van der Waals surface area contributed by atoms with Crippen LogP contribution >= 0.6 is 0 Å². The Kier molecular flexibility index (Phi) is 12.8. The molecule has 0 bridgehead atoms. The number of nitrogens with zero attached hydrogens (tertiary/aromatic N) is 1. The summed E-state index contributed by atoms with van der Waals surface area (Å²) in [5.74, 6) is -10.9. The number of rotatable bonds is 10. The molecular formula is C26H33F4N3O7. The van der Waals surface area contributed by atoms with E-state index >= 15 is 0 Å². The number of carbonyl (C=O) groups is 3. The fourth-order valence-corrected chi connectivity index (χ4v) is 3.16. The third-order valence-corrected chi connectivity index (χ3v) is 4.73. The molecule has 0 saturated carbocycles. The van der Waals surface area contributed by atoms with Crippen LogP contribution < -0.4 is 20.9 Å². The Morgan fingerprint density at radius 1 is 1.07 bits per heavy atom. The first-order valence-corrected chi connectivity index (χ1v) is 12.2. The van der Waals surface area contributed by atoms with E-state index in [1.54, 1.807) is 20.8 Å². The van der Waals surface area contributed by atoms with Crippen LogP contribution in [0.5, 0.6) is 5.75 Å². The molecule has 1 aromatic carbocycles. The Labute approximate surface area is 228 Å². The summed E-state index contributed by atoms with van der Waals surface area (Å²) in [6, 6.07) is 1.21. The molecule has 0 aliphatic rings. The Balaban J connectivity index is 0.00000391. The lowest BCUT2D eigenvalue weighted by atomic mass is 10.1. The highest BCUT2D eigenvalue weighted by Gasteiger charge is 2.29. The number of ether oxygens (including phenoxy) is 2. The first-order valence-electron chi connectivity index (χ1n) is 12.2. The Morgan fingerprint density at radius 2 is 1.65 bits per heavy atom. The van der Waals surface area contributed by atoms with Gasteiger partial charge in [0.1, 0.15) is 30.5 Å². The number of anilines is 1. The second kappa shape index (κ2) is 15.0. The third-order valence-electron chi connectivity index (χ3n) is 4.73. The molecule has 2 atom stereocenters. The fraction of sp³-hybridized carbons (Fsp3) is 0.462. The topological polar surface area (TPSA) is 136 Å². The highest BCUT2D eigenvalue weighted by molar-refractivity contribution is 5.88. The van der Waals surface area contributed by atoms with Crippen molar-refractivity contribution in [3.05, 3.63) is 58.0 Å². The van der Waals surface area contributed by atoms with Crippen LogP contribution in [0, 0.1) is 23.3 Å². The molecule has 0 fully saturated rings. The molecule has 0 radical (unpaired) electrons. The van der Waals surface area contributed by atoms with E-state index in [9.17, 15) is 41.8 Å². The van der Waals surface area contributed by atoms with Crippen molar-refractivity contribution in [1.29, 1.82) is 0 Å². The maximum absolute atomic E-state index is 13.9. The average Bonchev–Trinajstić information content (AvgIpc) is 2.84. The van der Waals surface area contributed by atoms with Crippen LogP contribution in [0.2, 0.25) is 0 Å². The number of halogens is 4. The molecule has 1 heterocycles. The van der Waals surface area contributed by atoms with Gasteiger partial charge in [-0.05, 0) is 32.9 Å². The van der Waals surface area contributed by atoms with E-state index in [2.05, 4.69) is 10.6 Å². The molecule has 1 unspecified atom stereocenters. The van der Waals surface area contributed by atoms with Gasteiger partial charge in [-0.15, -0.1) is 0 Å². The predicted octanol–water partition coefficient (Wildman–Crippen LogP) is 3.05. The molecular weight excluding hydrogens is 542 g/mol. The number of aromatic nitrogens is 1. The number of nitrogens with one attached hydrogen (secondary N) is 2. The summed E-state index contributed by atoms with van der Waals surface area (Å²) >= 11 is 0. The van der Waals surface area contributed by atoms with Crippen molar-refractivity contribution in [2.24, 2.45) is 0 Å². The maximum atomic E-state index is 13.9. The van der Waals surface area contributed by atoms with Gasteiger partial charge in [-0.3, -0.25) is 19.2 Å². The molecule has 3 N–H and O–H groups in total. The number of pyridine rings is 1. The van der Waals surface area contributed by atoms with Gasteiger partial charge in [0.05, 0.1) is 12.5 Å². The Morgan fingerprint density at radius 3 is 2.17 bits per heavy atom. The fourth-order valence-electron chi connectivity index (χ4n) is 3.16. The zero-order chi connectivity index (χ0) is 30.8. The van der Waals surface area contributed by atoms with Crippen LogP contribution in [0.4, 0.5) is 23.2 Å². The lowest BCUT2D eigenvalue weighted by Crippen LogP contribution is -2.49. The number of aliphatic hydroxyl groups excluding tert-OH is 1. The van der Waals surface area contributed by atoms with E-state index in [0.717, 1.165) is 4.57 Å². The molecule has 0 aliphatic heterocycles. The van der Waals surface area contributed by atoms with E-state index in [1.807, 2.05) is 13.8 Å². The van der Waals surface area contributed by atoms with Gasteiger partial charge in [0, 0.05) is 19.2 Å². The van der Waals surface area contributed by atoms with Crippen molar-refractivity contribution in [3.63, 3.8) is 0 Å². The van der Waals surface area contributed by atoms with Gasteiger partial charge >= 0.3 is 5.97 Å². The minimum absolute atomic E-state index is 0.0254. The summed E-state index contributed by atoms with van der Waals surface area (Å²) in [7, 11) is 0. The van der Waals surface area contributed by atoms with Crippen molar-refractivity contribution in [2.75, 3.05) is 11.9 Å². The molecule has 1 aromatic heterocycles. The van der Waals surface area contributed by atoms with Gasteiger partial charge < -0.3 is 29.8 Å². The lowest BCUT2D eigenvalue weighted by Gasteiger charge is -2.26. The summed E-state index contributed by atoms with van der Waals surface area (Å²) in [4.78, 5) is 48.7. The van der Waals surface area contributed by atoms with Crippen LogP contribution in [-0.2, 0) is 25.7 Å². The quantitative estimate of drug-likeness (QED) is 0.225. The molecule has 2 amide bonds. The normalized spacial score (nSPS) is 12.4. The number of carbonyl (C=O) groups excluding carboxylic acids is 3. The Bertz CT molecular complexity index is 1240. The minimum atomic E-state index is -1.85. The first kappa shape index (κ1) is 34.1. The molecule has 2 aromatic rings. The van der Waals surface area contributed by atoms with Crippen LogP contribution in [0.25, 0.3) is 0 Å². The highest BCUT2D eigenvalue weighted by Crippen LogP contribution is 2.26. The maximum Gasteiger partial charge on any atom is 0.308 e. The van der Waals surface area contributed by atoms with Crippen LogP contribution in [0.15, 0.2) is 29.2 Å². The number of benzene rings is 1. The summed E-state index contributed by atoms with van der Waals surface area (Å²) in [5, 5.41) is 15.2. The number of aliphatic hydroxyl groups is 1. The summed E-state index contributed by atoms with van der Waals surface area (Å²) in [6.45, 7) is 8.28. The molecule has 0 spiro atoms. The van der Waals surface area contributed by atoms with Crippen molar-refractivity contribution in [1.82, 2.24) is 9.88 Å². The van der Waals surface area contributed by atoms with Gasteiger partial charge in [0.2, 0.25) is 23.4 Å². The number of hydrogen-bond acceptors (Lipinski definition) is 7. The first-order chi connectivity index (χ1) is 18.6. The molecule has 40 heavy (non-hydrogen) atoms. The standard InChI is InChI=1S/C24H27F4N3O7.C2H6/c1-12(32)29-15-6-5-7-31(23(15)36)10-18(34)30-16(9-19(35)38-24(2,3)4)17(33)11-37-22-20(27)13(25)8-14(26)21(22)28;1-2/h5-8,16-17,33H,9-11H2,1-4H3,(H,29,32)(H,30,34);1-2H3/t16-,17?;/m0./s1. The van der Waals surface area contributed by atoms with Gasteiger partial charge in [-0.1, -0.05) is 13.8 Å². The van der Waals surface area contributed by atoms with E-state index in [4.69, 9.17) is 9.47 Å². The van der Waals surface area contributed by atoms with Crippen molar-refractivity contribution < 1.29 is 46.5 Å². The highest BCUT2D eigenvalue weighted by atomic mass is 19.2. The van der Waals surface area contributed by atoms with Crippen LogP contribution in [0.1, 0.15) is 48.0 Å². The van der Waals surface area contributed by atoms with Gasteiger partial charge in [-0.25, -0.2) is 8.78 Å². The smallest absolute Gasteiger partial charge is 0.308 e. The summed E-state index contributed by atoms with van der Waals surface area (Å²) < 4.78 is 65.6. The van der Waals surface area contributed by atoms with E-state index in [0.29, 0.717) is 0 Å². The molecule has 0 saturated heterocycles. The summed E-state index contributed by atoms with van der Waals surface area (Å²) in [5.41, 5.74) is -1.75. The number of esters is 1. The van der Waals surface area contributed by atoms with Gasteiger partial charge in [0.25, 0.3) is 5.56 Å². The predicted molar refractivity (Wildman–Crippen MR) is 137 cm³/mol. The monoisotopic (exact) mass is 575 g/mol. The van der Waals surface area contributed by atoms with Gasteiger partial charge in [-0.2, -0.15) is 8.78 Å². The number of amides is 2. The minimum Gasteiger partial charge on any atom is -0.485 e. The zero-order valence-corrected chi connectivity index (χ0v) is 22.9. The Hall–Kier alpha value is -3.94. The zero-order valence-electron chi connectivity index (χ0n) is 22.9. The van der Waals surface area contributed by atoms with E-state index < -0.39 is 89.7 Å². The second-order valence-corrected chi connectivity index (χ2v) is 9.18. The molecule has 10 nitrogen and oxygen atoms in total. The van der Waals surface area contributed by atoms with Crippen molar-refractivity contribution in [2.45, 2.75) is 72.3 Å². The average molecular weight is 576 g/mol. The van der Waals surface area contributed by atoms with E-state index in [-0.39, 0.29) is 11.8 Å². The van der Waals surface area contributed by atoms with E-state index in [1.165, 1.54) is 25.3 Å². The SMILES string of the molecule is CC.CC(=O)Nc1cccn(CC(=O)N[C@@H](CC(=O)OC(C)(C)C)C(O)COc2c(F)c(F)cc(F)c2F)c1=O. The largest absolute Gasteiger partial charge is 0.485 e. The third kappa shape index (κ3) is 10.3. The van der Waals surface area contributed by atoms with Gasteiger partial charge in [0.15, 0.2) is 17.4 Å².